The Balaban J connectivity index is 1.69. The SMILES string of the molecule is COC(=O)c1ccc(Oc2cc(N=Nc3ccc([N+](=O)[O-])cn3)c(O)c3ccccc23)cc1. The number of phenols is 1. The van der Waals surface area contributed by atoms with Crippen LogP contribution in [0.1, 0.15) is 10.4 Å². The number of azo groups is 1. The number of pyridine rings is 1. The Hall–Kier alpha value is -4.86. The highest BCUT2D eigenvalue weighted by atomic mass is 16.6. The van der Waals surface area contributed by atoms with Gasteiger partial charge in [0, 0.05) is 22.9 Å². The van der Waals surface area contributed by atoms with Gasteiger partial charge in [0.25, 0.3) is 5.69 Å². The number of nitrogens with zero attached hydrogens (tertiary/aromatic N) is 4. The summed E-state index contributed by atoms with van der Waals surface area (Å²) < 4.78 is 10.7. The van der Waals surface area contributed by atoms with Crippen LogP contribution in [0, 0.1) is 10.1 Å². The lowest BCUT2D eigenvalue weighted by molar-refractivity contribution is -0.385. The second kappa shape index (κ2) is 9.10. The fraction of sp³-hybridized carbons (Fsp3) is 0.0435. The molecule has 4 aromatic rings. The molecule has 10 nitrogen and oxygen atoms in total. The van der Waals surface area contributed by atoms with Crippen molar-refractivity contribution in [2.75, 3.05) is 7.11 Å². The standard InChI is InChI=1S/C23H16N4O6/c1-32-23(29)14-6-9-16(10-7-14)33-20-12-19(22(28)18-5-3-2-4-17(18)20)25-26-21-11-8-15(13-24-21)27(30)31/h2-13,28H,1H3. The molecule has 0 spiro atoms. The van der Waals surface area contributed by atoms with Crippen molar-refractivity contribution in [1.29, 1.82) is 0 Å². The van der Waals surface area contributed by atoms with Gasteiger partial charge in [0.1, 0.15) is 23.4 Å². The molecule has 0 bridgehead atoms. The highest BCUT2D eigenvalue weighted by Crippen LogP contribution is 2.42. The molecule has 0 atom stereocenters. The topological polar surface area (TPSA) is 137 Å². The van der Waals surface area contributed by atoms with E-state index >= 15 is 0 Å². The molecule has 0 amide bonds. The van der Waals surface area contributed by atoms with Crippen molar-refractivity contribution in [3.05, 3.63) is 88.6 Å². The van der Waals surface area contributed by atoms with Crippen molar-refractivity contribution in [2.45, 2.75) is 0 Å². The summed E-state index contributed by atoms with van der Waals surface area (Å²) in [6.45, 7) is 0. The van der Waals surface area contributed by atoms with Crippen molar-refractivity contribution >= 4 is 33.9 Å². The first-order valence-corrected chi connectivity index (χ1v) is 9.59. The molecule has 1 aromatic heterocycles. The molecule has 0 saturated carbocycles. The Labute approximate surface area is 186 Å². The summed E-state index contributed by atoms with van der Waals surface area (Å²) in [6, 6.07) is 17.6. The van der Waals surface area contributed by atoms with Crippen LogP contribution < -0.4 is 4.74 Å². The predicted octanol–water partition coefficient (Wildman–Crippen LogP) is 5.84. The van der Waals surface area contributed by atoms with Gasteiger partial charge in [-0.3, -0.25) is 10.1 Å². The molecule has 164 valence electrons. The number of esters is 1. The second-order valence-electron chi connectivity index (χ2n) is 6.74. The number of ether oxygens (including phenoxy) is 2. The summed E-state index contributed by atoms with van der Waals surface area (Å²) in [5.74, 6) is 0.427. The molecule has 1 N–H and O–H groups in total. The van der Waals surface area contributed by atoms with E-state index in [4.69, 9.17) is 9.47 Å². The summed E-state index contributed by atoms with van der Waals surface area (Å²) in [5.41, 5.74) is 0.331. The number of nitro groups is 1. The summed E-state index contributed by atoms with van der Waals surface area (Å²) in [5, 5.41) is 30.6. The number of hydrogen-bond acceptors (Lipinski definition) is 9. The number of carbonyl (C=O) groups is 1. The summed E-state index contributed by atoms with van der Waals surface area (Å²) in [7, 11) is 1.30. The molecule has 0 unspecified atom stereocenters. The van der Waals surface area contributed by atoms with E-state index in [1.807, 2.05) is 0 Å². The molecule has 0 saturated heterocycles. The minimum atomic E-state index is -0.565. The molecule has 3 aromatic carbocycles. The first kappa shape index (κ1) is 21.4. The van der Waals surface area contributed by atoms with E-state index in [1.54, 1.807) is 48.5 Å². The number of aromatic hydroxyl groups is 1. The maximum Gasteiger partial charge on any atom is 0.337 e. The van der Waals surface area contributed by atoms with Crippen molar-refractivity contribution in [3.63, 3.8) is 0 Å². The van der Waals surface area contributed by atoms with Crippen LogP contribution in [0.5, 0.6) is 17.2 Å². The predicted molar refractivity (Wildman–Crippen MR) is 119 cm³/mol. The van der Waals surface area contributed by atoms with E-state index in [9.17, 15) is 20.0 Å². The van der Waals surface area contributed by atoms with Gasteiger partial charge in [-0.15, -0.1) is 10.2 Å². The van der Waals surface area contributed by atoms with Crippen LogP contribution in [-0.2, 0) is 4.74 Å². The zero-order valence-electron chi connectivity index (χ0n) is 17.2. The normalized spacial score (nSPS) is 10.9. The Morgan fingerprint density at radius 2 is 1.76 bits per heavy atom. The minimum Gasteiger partial charge on any atom is -0.505 e. The van der Waals surface area contributed by atoms with Gasteiger partial charge < -0.3 is 14.6 Å². The maximum atomic E-state index is 11.6. The summed E-state index contributed by atoms with van der Waals surface area (Å²) in [6.07, 6.45) is 1.07. The van der Waals surface area contributed by atoms with E-state index in [-0.39, 0.29) is 22.9 Å². The molecule has 0 radical (unpaired) electrons. The third-order valence-electron chi connectivity index (χ3n) is 4.66. The van der Waals surface area contributed by atoms with Crippen LogP contribution in [0.4, 0.5) is 17.2 Å². The maximum absolute atomic E-state index is 11.6. The van der Waals surface area contributed by atoms with Gasteiger partial charge in [0.05, 0.1) is 17.6 Å². The minimum absolute atomic E-state index is 0.107. The van der Waals surface area contributed by atoms with Gasteiger partial charge >= 0.3 is 5.97 Å². The second-order valence-corrected chi connectivity index (χ2v) is 6.74. The number of rotatable bonds is 6. The molecular weight excluding hydrogens is 428 g/mol. The van der Waals surface area contributed by atoms with Gasteiger partial charge in [-0.05, 0) is 30.3 Å². The van der Waals surface area contributed by atoms with E-state index in [2.05, 4.69) is 15.2 Å². The van der Waals surface area contributed by atoms with Crippen LogP contribution in [0.15, 0.2) is 83.2 Å². The Morgan fingerprint density at radius 1 is 1.03 bits per heavy atom. The molecule has 4 rings (SSSR count). The van der Waals surface area contributed by atoms with Crippen molar-refractivity contribution < 1.29 is 24.3 Å². The zero-order chi connectivity index (χ0) is 23.4. The average molecular weight is 444 g/mol. The van der Waals surface area contributed by atoms with E-state index in [1.165, 1.54) is 25.3 Å². The largest absolute Gasteiger partial charge is 0.505 e. The molecule has 0 fully saturated rings. The molecule has 0 aliphatic rings. The molecule has 1 heterocycles. The lowest BCUT2D eigenvalue weighted by Gasteiger charge is -2.12. The molecule has 0 aliphatic heterocycles. The van der Waals surface area contributed by atoms with Crippen LogP contribution in [0.25, 0.3) is 10.8 Å². The number of aromatic nitrogens is 1. The lowest BCUT2D eigenvalue weighted by Crippen LogP contribution is -2.00. The van der Waals surface area contributed by atoms with Crippen molar-refractivity contribution in [3.8, 4) is 17.2 Å². The Kier molecular flexibility index (Phi) is 5.90. The summed E-state index contributed by atoms with van der Waals surface area (Å²) >= 11 is 0. The number of hydrogen-bond donors (Lipinski definition) is 1. The zero-order valence-corrected chi connectivity index (χ0v) is 17.2. The fourth-order valence-corrected chi connectivity index (χ4v) is 3.03. The van der Waals surface area contributed by atoms with Crippen molar-refractivity contribution in [1.82, 2.24) is 4.98 Å². The molecular formula is C23H16N4O6. The van der Waals surface area contributed by atoms with Gasteiger partial charge in [-0.1, -0.05) is 24.3 Å². The van der Waals surface area contributed by atoms with Crippen LogP contribution in [0.2, 0.25) is 0 Å². The number of phenolic OH excluding ortho intramolecular Hbond substituents is 1. The van der Waals surface area contributed by atoms with E-state index < -0.39 is 10.9 Å². The van der Waals surface area contributed by atoms with Gasteiger partial charge in [-0.2, -0.15) is 0 Å². The third-order valence-corrected chi connectivity index (χ3v) is 4.66. The molecule has 0 aliphatic carbocycles. The Bertz CT molecular complexity index is 1370. The number of fused-ring (bicyclic) bond motifs is 1. The first-order valence-electron chi connectivity index (χ1n) is 9.59. The number of benzene rings is 3. The average Bonchev–Trinajstić information content (AvgIpc) is 2.85. The van der Waals surface area contributed by atoms with E-state index in [0.717, 1.165) is 6.20 Å². The monoisotopic (exact) mass is 444 g/mol. The lowest BCUT2D eigenvalue weighted by atomic mass is 10.1. The smallest absolute Gasteiger partial charge is 0.337 e. The highest BCUT2D eigenvalue weighted by Gasteiger charge is 2.14. The summed E-state index contributed by atoms with van der Waals surface area (Å²) in [4.78, 5) is 25.7. The van der Waals surface area contributed by atoms with Gasteiger partial charge in [-0.25, -0.2) is 9.78 Å². The fourth-order valence-electron chi connectivity index (χ4n) is 3.03. The van der Waals surface area contributed by atoms with E-state index in [0.29, 0.717) is 27.8 Å². The highest BCUT2D eigenvalue weighted by molar-refractivity contribution is 5.97. The Morgan fingerprint density at radius 3 is 2.39 bits per heavy atom. The quantitative estimate of drug-likeness (QED) is 0.171. The molecule has 10 heteroatoms. The number of methoxy groups -OCH3 is 1. The van der Waals surface area contributed by atoms with Crippen LogP contribution in [0.3, 0.4) is 0 Å². The van der Waals surface area contributed by atoms with Gasteiger partial charge in [0.15, 0.2) is 11.6 Å². The molecule has 33 heavy (non-hydrogen) atoms. The number of carbonyl (C=O) groups excluding carboxylic acids is 1. The van der Waals surface area contributed by atoms with Crippen molar-refractivity contribution in [2.24, 2.45) is 10.2 Å². The van der Waals surface area contributed by atoms with Crippen LogP contribution in [-0.4, -0.2) is 28.1 Å². The third kappa shape index (κ3) is 4.59. The van der Waals surface area contributed by atoms with Gasteiger partial charge in [0.2, 0.25) is 0 Å². The first-order chi connectivity index (χ1) is 16.0. The van der Waals surface area contributed by atoms with Crippen LogP contribution >= 0.6 is 0 Å².